The summed E-state index contributed by atoms with van der Waals surface area (Å²) in [5.74, 6) is 1.04. The monoisotopic (exact) mass is 553 g/mol. The summed E-state index contributed by atoms with van der Waals surface area (Å²) in [5, 5.41) is 13.9. The quantitative estimate of drug-likeness (QED) is 0.173. The number of nitro groups is 1. The third-order valence-corrected chi connectivity index (χ3v) is 6.76. The predicted molar refractivity (Wildman–Crippen MR) is 152 cm³/mol. The molecule has 1 unspecified atom stereocenters. The zero-order valence-corrected chi connectivity index (χ0v) is 22.2. The molecule has 208 valence electrons. The van der Waals surface area contributed by atoms with E-state index in [1.54, 1.807) is 13.2 Å². The van der Waals surface area contributed by atoms with Crippen molar-refractivity contribution < 1.29 is 28.7 Å². The molecular weight excluding hydrogens is 526 g/mol. The molecule has 0 fully saturated rings. The van der Waals surface area contributed by atoms with Crippen molar-refractivity contribution in [2.45, 2.75) is 19.1 Å². The van der Waals surface area contributed by atoms with E-state index < -0.39 is 17.1 Å². The maximum Gasteiger partial charge on any atom is 0.419 e. The number of nitro benzene ring substituents is 1. The molecule has 0 spiro atoms. The number of ether oxygens (including phenoxy) is 3. The minimum atomic E-state index is -0.726. The molecule has 0 bridgehead atoms. The summed E-state index contributed by atoms with van der Waals surface area (Å²) in [6.45, 7) is 0.367. The summed E-state index contributed by atoms with van der Waals surface area (Å²) in [6, 6.07) is 25.8. The van der Waals surface area contributed by atoms with E-state index in [0.29, 0.717) is 30.0 Å². The SMILES string of the molecule is COc1cc2c(cc1OCc1ccccc1)N(C(=O)Oc1ccc([N+](=O)[O-])cc1)CC(NC=O)Cc1ccccc1-2. The van der Waals surface area contributed by atoms with E-state index in [4.69, 9.17) is 14.2 Å². The van der Waals surface area contributed by atoms with Crippen molar-refractivity contribution in [1.29, 1.82) is 0 Å². The van der Waals surface area contributed by atoms with Crippen molar-refractivity contribution >= 4 is 23.9 Å². The largest absolute Gasteiger partial charge is 0.493 e. The number of benzene rings is 4. The van der Waals surface area contributed by atoms with Gasteiger partial charge in [0.25, 0.3) is 5.69 Å². The van der Waals surface area contributed by atoms with Crippen LogP contribution in [0.4, 0.5) is 16.2 Å². The van der Waals surface area contributed by atoms with E-state index in [0.717, 1.165) is 22.3 Å². The van der Waals surface area contributed by atoms with Gasteiger partial charge in [0.1, 0.15) is 12.4 Å². The van der Waals surface area contributed by atoms with E-state index in [2.05, 4.69) is 5.32 Å². The highest BCUT2D eigenvalue weighted by molar-refractivity contribution is 5.97. The number of amides is 2. The van der Waals surface area contributed by atoms with Crippen LogP contribution >= 0.6 is 0 Å². The lowest BCUT2D eigenvalue weighted by Crippen LogP contribution is -2.46. The predicted octanol–water partition coefficient (Wildman–Crippen LogP) is 5.53. The second kappa shape index (κ2) is 12.2. The summed E-state index contributed by atoms with van der Waals surface area (Å²) in [4.78, 5) is 37.2. The Morgan fingerprint density at radius 2 is 1.73 bits per heavy atom. The van der Waals surface area contributed by atoms with E-state index in [1.807, 2.05) is 60.7 Å². The number of non-ortho nitro benzene ring substituents is 1. The number of hydrogen-bond donors (Lipinski definition) is 1. The molecule has 1 atom stereocenters. The molecule has 0 saturated heterocycles. The molecule has 0 radical (unpaired) electrons. The van der Waals surface area contributed by atoms with Crippen LogP contribution in [-0.2, 0) is 17.8 Å². The lowest BCUT2D eigenvalue weighted by molar-refractivity contribution is -0.384. The van der Waals surface area contributed by atoms with Crippen LogP contribution in [0.25, 0.3) is 11.1 Å². The van der Waals surface area contributed by atoms with Crippen LogP contribution in [0, 0.1) is 10.1 Å². The van der Waals surface area contributed by atoms with Gasteiger partial charge in [-0.3, -0.25) is 19.8 Å². The Hall–Kier alpha value is -5.38. The van der Waals surface area contributed by atoms with Crippen molar-refractivity contribution in [3.8, 4) is 28.4 Å². The molecule has 2 amide bonds. The first-order chi connectivity index (χ1) is 20.0. The van der Waals surface area contributed by atoms with Gasteiger partial charge in [-0.05, 0) is 41.3 Å². The number of anilines is 1. The van der Waals surface area contributed by atoms with Crippen molar-refractivity contribution in [2.24, 2.45) is 0 Å². The molecule has 1 aliphatic heterocycles. The van der Waals surface area contributed by atoms with Gasteiger partial charge in [-0.25, -0.2) is 4.79 Å². The van der Waals surface area contributed by atoms with Crippen molar-refractivity contribution in [1.82, 2.24) is 5.32 Å². The lowest BCUT2D eigenvalue weighted by Gasteiger charge is -2.32. The fourth-order valence-electron chi connectivity index (χ4n) is 4.78. The zero-order chi connectivity index (χ0) is 28.8. The number of methoxy groups -OCH3 is 1. The van der Waals surface area contributed by atoms with Gasteiger partial charge in [-0.2, -0.15) is 0 Å². The molecule has 5 rings (SSSR count). The Bertz CT molecular complexity index is 1560. The van der Waals surface area contributed by atoms with Gasteiger partial charge < -0.3 is 19.5 Å². The van der Waals surface area contributed by atoms with E-state index >= 15 is 0 Å². The highest BCUT2D eigenvalue weighted by Gasteiger charge is 2.30. The maximum atomic E-state index is 13.7. The van der Waals surface area contributed by atoms with Crippen LogP contribution in [0.3, 0.4) is 0 Å². The Morgan fingerprint density at radius 3 is 2.44 bits per heavy atom. The van der Waals surface area contributed by atoms with Gasteiger partial charge in [0.05, 0.1) is 23.8 Å². The fraction of sp³-hybridized carbons (Fsp3) is 0.161. The number of carbonyl (C=O) groups is 2. The Labute approximate surface area is 236 Å². The third-order valence-electron chi connectivity index (χ3n) is 6.76. The van der Waals surface area contributed by atoms with Crippen LogP contribution in [0.15, 0.2) is 91.0 Å². The lowest BCUT2D eigenvalue weighted by atomic mass is 9.91. The van der Waals surface area contributed by atoms with Gasteiger partial charge in [0.2, 0.25) is 6.41 Å². The molecule has 0 aliphatic carbocycles. The summed E-state index contributed by atoms with van der Waals surface area (Å²) < 4.78 is 17.5. The molecule has 4 aromatic carbocycles. The average Bonchev–Trinajstić information content (AvgIpc) is 2.98. The average molecular weight is 554 g/mol. The first-order valence-electron chi connectivity index (χ1n) is 12.9. The summed E-state index contributed by atoms with van der Waals surface area (Å²) in [7, 11) is 1.55. The summed E-state index contributed by atoms with van der Waals surface area (Å²) >= 11 is 0. The van der Waals surface area contributed by atoms with Crippen LogP contribution in [-0.4, -0.2) is 37.1 Å². The molecule has 1 N–H and O–H groups in total. The summed E-state index contributed by atoms with van der Waals surface area (Å²) in [5.41, 5.74) is 3.88. The van der Waals surface area contributed by atoms with Gasteiger partial charge in [0, 0.05) is 30.3 Å². The number of hydrogen-bond acceptors (Lipinski definition) is 7. The molecular formula is C31H27N3O7. The Morgan fingerprint density at radius 1 is 1.00 bits per heavy atom. The number of nitrogens with one attached hydrogen (secondary N) is 1. The molecule has 10 nitrogen and oxygen atoms in total. The second-order valence-electron chi connectivity index (χ2n) is 9.37. The molecule has 0 saturated carbocycles. The fourth-order valence-corrected chi connectivity index (χ4v) is 4.78. The van der Waals surface area contributed by atoms with Gasteiger partial charge in [-0.15, -0.1) is 0 Å². The number of nitrogens with zero attached hydrogens (tertiary/aromatic N) is 2. The van der Waals surface area contributed by atoms with Gasteiger partial charge in [-0.1, -0.05) is 54.6 Å². The van der Waals surface area contributed by atoms with Gasteiger partial charge in [0.15, 0.2) is 11.5 Å². The maximum absolute atomic E-state index is 13.7. The molecule has 1 heterocycles. The van der Waals surface area contributed by atoms with Gasteiger partial charge >= 0.3 is 6.09 Å². The molecule has 4 aromatic rings. The Kier molecular flexibility index (Phi) is 8.10. The minimum absolute atomic E-state index is 0.0936. The second-order valence-corrected chi connectivity index (χ2v) is 9.37. The highest BCUT2D eigenvalue weighted by atomic mass is 16.6. The molecule has 0 aromatic heterocycles. The zero-order valence-electron chi connectivity index (χ0n) is 22.2. The van der Waals surface area contributed by atoms with Crippen LogP contribution < -0.4 is 24.4 Å². The van der Waals surface area contributed by atoms with Crippen LogP contribution in [0.5, 0.6) is 17.2 Å². The van der Waals surface area contributed by atoms with Crippen molar-refractivity contribution in [2.75, 3.05) is 18.6 Å². The smallest absolute Gasteiger partial charge is 0.419 e. The van der Waals surface area contributed by atoms with Crippen molar-refractivity contribution in [3.63, 3.8) is 0 Å². The first-order valence-corrected chi connectivity index (χ1v) is 12.9. The van der Waals surface area contributed by atoms with E-state index in [9.17, 15) is 19.7 Å². The topological polar surface area (TPSA) is 120 Å². The van der Waals surface area contributed by atoms with Crippen LogP contribution in [0.1, 0.15) is 11.1 Å². The molecule has 1 aliphatic rings. The molecule has 41 heavy (non-hydrogen) atoms. The summed E-state index contributed by atoms with van der Waals surface area (Å²) in [6.07, 6.45) is 0.346. The Balaban J connectivity index is 1.59. The molecule has 10 heteroatoms. The standard InChI is InChI=1S/C31H27N3O7/c1-39-29-16-27-26-10-6-5-9-22(26)15-23(32-20-35)18-33(31(36)41-25-13-11-24(12-14-25)34(37)38)28(27)17-30(29)40-19-21-7-3-2-4-8-21/h2-14,16-17,20,23H,15,18-19H2,1H3,(H,32,35). The number of rotatable bonds is 8. The van der Waals surface area contributed by atoms with E-state index in [1.165, 1.54) is 29.2 Å². The highest BCUT2D eigenvalue weighted by Crippen LogP contribution is 2.43. The number of fused-ring (bicyclic) bond motifs is 3. The first kappa shape index (κ1) is 27.2. The number of carbonyl (C=O) groups excluding carboxylic acids is 2. The van der Waals surface area contributed by atoms with E-state index in [-0.39, 0.29) is 24.6 Å². The minimum Gasteiger partial charge on any atom is -0.493 e. The normalized spacial score (nSPS) is 14.0. The van der Waals surface area contributed by atoms with Crippen LogP contribution in [0.2, 0.25) is 0 Å². The third kappa shape index (κ3) is 6.11. The van der Waals surface area contributed by atoms with Crippen molar-refractivity contribution in [3.05, 3.63) is 112 Å².